The molecule has 116 valence electrons. The van der Waals surface area contributed by atoms with Crippen molar-refractivity contribution in [2.75, 3.05) is 6.61 Å². The van der Waals surface area contributed by atoms with Crippen molar-refractivity contribution < 1.29 is 22.7 Å². The summed E-state index contributed by atoms with van der Waals surface area (Å²) < 4.78 is 43.2. The Kier molecular flexibility index (Phi) is 4.49. The number of benzene rings is 1. The molecule has 0 fully saturated rings. The van der Waals surface area contributed by atoms with Gasteiger partial charge in [-0.2, -0.15) is 13.2 Å². The molecule has 0 N–H and O–H groups in total. The predicted molar refractivity (Wildman–Crippen MR) is 77.1 cm³/mol. The van der Waals surface area contributed by atoms with Gasteiger partial charge in [-0.25, -0.2) is 4.79 Å². The highest BCUT2D eigenvalue weighted by Gasteiger charge is 2.30. The van der Waals surface area contributed by atoms with Gasteiger partial charge in [0.25, 0.3) is 0 Å². The molecule has 0 atom stereocenters. The molecule has 0 bridgehead atoms. The van der Waals surface area contributed by atoms with E-state index in [0.29, 0.717) is 22.2 Å². The molecular weight excluding hydrogens is 295 g/mol. The number of aryl methyl sites for hydroxylation is 1. The molecule has 6 heteroatoms. The van der Waals surface area contributed by atoms with Gasteiger partial charge in [0, 0.05) is 17.2 Å². The van der Waals surface area contributed by atoms with Crippen molar-refractivity contribution in [3.63, 3.8) is 0 Å². The SMILES string of the molecule is CCOC(=O)/C=C/c1cc(C)nc2ccc(C(F)(F)F)cc12. The van der Waals surface area contributed by atoms with Crippen LogP contribution in [0, 0.1) is 6.92 Å². The Morgan fingerprint density at radius 3 is 2.68 bits per heavy atom. The molecule has 22 heavy (non-hydrogen) atoms. The largest absolute Gasteiger partial charge is 0.463 e. The molecule has 0 saturated carbocycles. The Morgan fingerprint density at radius 2 is 2.05 bits per heavy atom. The molecule has 2 aromatic rings. The summed E-state index contributed by atoms with van der Waals surface area (Å²) in [7, 11) is 0. The fourth-order valence-corrected chi connectivity index (χ4v) is 2.05. The number of carbonyl (C=O) groups is 1. The molecule has 1 aromatic carbocycles. The highest BCUT2D eigenvalue weighted by molar-refractivity contribution is 5.93. The zero-order valence-corrected chi connectivity index (χ0v) is 12.1. The Bertz CT molecular complexity index is 736. The van der Waals surface area contributed by atoms with Gasteiger partial charge in [0.1, 0.15) is 0 Å². The van der Waals surface area contributed by atoms with Crippen LogP contribution in [0.2, 0.25) is 0 Å². The lowest BCUT2D eigenvalue weighted by Gasteiger charge is -2.09. The summed E-state index contributed by atoms with van der Waals surface area (Å²) in [6, 6.07) is 4.98. The molecule has 0 aliphatic carbocycles. The van der Waals surface area contributed by atoms with Crippen LogP contribution in [0.1, 0.15) is 23.7 Å². The lowest BCUT2D eigenvalue weighted by atomic mass is 10.0. The van der Waals surface area contributed by atoms with E-state index in [1.165, 1.54) is 18.2 Å². The maximum absolute atomic E-state index is 12.8. The molecular formula is C16H14F3NO2. The van der Waals surface area contributed by atoms with Gasteiger partial charge in [-0.05, 0) is 49.8 Å². The Labute approximate surface area is 125 Å². The number of esters is 1. The van der Waals surface area contributed by atoms with E-state index in [-0.39, 0.29) is 6.61 Å². The van der Waals surface area contributed by atoms with Gasteiger partial charge in [0.05, 0.1) is 17.7 Å². The standard InChI is InChI=1S/C16H14F3NO2/c1-3-22-15(21)7-4-11-8-10(2)20-14-6-5-12(9-13(11)14)16(17,18)19/h4-9H,3H2,1-2H3/b7-4+. The third-order valence-electron chi connectivity index (χ3n) is 2.98. The number of fused-ring (bicyclic) bond motifs is 1. The van der Waals surface area contributed by atoms with Crippen LogP contribution in [0.3, 0.4) is 0 Å². The number of hydrogen-bond donors (Lipinski definition) is 0. The summed E-state index contributed by atoms with van der Waals surface area (Å²) in [5.74, 6) is -0.544. The highest BCUT2D eigenvalue weighted by Crippen LogP contribution is 2.32. The van der Waals surface area contributed by atoms with Crippen molar-refractivity contribution in [3.8, 4) is 0 Å². The molecule has 0 unspecified atom stereocenters. The Hall–Kier alpha value is -2.37. The third kappa shape index (κ3) is 3.63. The molecule has 3 nitrogen and oxygen atoms in total. The molecule has 0 aliphatic rings. The fourth-order valence-electron chi connectivity index (χ4n) is 2.05. The number of rotatable bonds is 3. The molecule has 0 spiro atoms. The minimum absolute atomic E-state index is 0.234. The van der Waals surface area contributed by atoms with Gasteiger partial charge in [-0.15, -0.1) is 0 Å². The van der Waals surface area contributed by atoms with E-state index in [0.717, 1.165) is 12.1 Å². The predicted octanol–water partition coefficient (Wildman–Crippen LogP) is 4.14. The van der Waals surface area contributed by atoms with Crippen LogP contribution in [0.25, 0.3) is 17.0 Å². The lowest BCUT2D eigenvalue weighted by molar-refractivity contribution is -0.138. The van der Waals surface area contributed by atoms with E-state index in [1.54, 1.807) is 19.9 Å². The topological polar surface area (TPSA) is 39.2 Å². The number of pyridine rings is 1. The van der Waals surface area contributed by atoms with Gasteiger partial charge >= 0.3 is 12.1 Å². The summed E-state index contributed by atoms with van der Waals surface area (Å²) >= 11 is 0. The van der Waals surface area contributed by atoms with Crippen LogP contribution in [-0.2, 0) is 15.7 Å². The molecule has 1 aromatic heterocycles. The zero-order chi connectivity index (χ0) is 16.3. The maximum Gasteiger partial charge on any atom is 0.416 e. The third-order valence-corrected chi connectivity index (χ3v) is 2.98. The highest BCUT2D eigenvalue weighted by atomic mass is 19.4. The van der Waals surface area contributed by atoms with Gasteiger partial charge in [-0.3, -0.25) is 4.98 Å². The molecule has 2 rings (SSSR count). The molecule has 0 aliphatic heterocycles. The van der Waals surface area contributed by atoms with E-state index >= 15 is 0 Å². The summed E-state index contributed by atoms with van der Waals surface area (Å²) in [4.78, 5) is 15.6. The average molecular weight is 309 g/mol. The molecule has 0 amide bonds. The maximum atomic E-state index is 12.8. The van der Waals surface area contributed by atoms with Crippen LogP contribution < -0.4 is 0 Å². The van der Waals surface area contributed by atoms with E-state index in [4.69, 9.17) is 4.74 Å². The minimum atomic E-state index is -4.43. The zero-order valence-electron chi connectivity index (χ0n) is 12.1. The number of alkyl halides is 3. The number of nitrogens with zero attached hydrogens (tertiary/aromatic N) is 1. The van der Waals surface area contributed by atoms with Crippen molar-refractivity contribution in [3.05, 3.63) is 47.2 Å². The van der Waals surface area contributed by atoms with E-state index in [2.05, 4.69) is 4.98 Å². The number of halogens is 3. The summed E-state index contributed by atoms with van der Waals surface area (Å²) in [6.45, 7) is 3.64. The molecule has 1 heterocycles. The van der Waals surface area contributed by atoms with Gasteiger partial charge in [0.2, 0.25) is 0 Å². The summed E-state index contributed by atoms with van der Waals surface area (Å²) in [5, 5.41) is 0.334. The Balaban J connectivity index is 2.54. The quantitative estimate of drug-likeness (QED) is 0.632. The summed E-state index contributed by atoms with van der Waals surface area (Å²) in [6.07, 6.45) is -1.80. The van der Waals surface area contributed by atoms with Crippen LogP contribution in [-0.4, -0.2) is 17.6 Å². The van der Waals surface area contributed by atoms with Crippen molar-refractivity contribution in [1.29, 1.82) is 0 Å². The van der Waals surface area contributed by atoms with Gasteiger partial charge in [-0.1, -0.05) is 0 Å². The number of carbonyl (C=O) groups excluding carboxylic acids is 1. The Morgan fingerprint density at radius 1 is 1.32 bits per heavy atom. The van der Waals surface area contributed by atoms with Crippen molar-refractivity contribution in [1.82, 2.24) is 4.98 Å². The van der Waals surface area contributed by atoms with Crippen molar-refractivity contribution in [2.24, 2.45) is 0 Å². The number of hydrogen-bond acceptors (Lipinski definition) is 3. The normalized spacial score (nSPS) is 12.0. The second kappa shape index (κ2) is 6.17. The first kappa shape index (κ1) is 16.0. The lowest BCUT2D eigenvalue weighted by Crippen LogP contribution is -2.05. The minimum Gasteiger partial charge on any atom is -0.463 e. The van der Waals surface area contributed by atoms with Crippen molar-refractivity contribution >= 4 is 22.9 Å². The van der Waals surface area contributed by atoms with E-state index in [1.807, 2.05) is 0 Å². The van der Waals surface area contributed by atoms with Crippen LogP contribution in [0.5, 0.6) is 0 Å². The first-order valence-corrected chi connectivity index (χ1v) is 6.64. The van der Waals surface area contributed by atoms with Crippen LogP contribution in [0.4, 0.5) is 13.2 Å². The number of aromatic nitrogens is 1. The second-order valence-electron chi connectivity index (χ2n) is 4.67. The average Bonchev–Trinajstić information content (AvgIpc) is 2.43. The monoisotopic (exact) mass is 309 g/mol. The number of ether oxygens (including phenoxy) is 1. The van der Waals surface area contributed by atoms with Gasteiger partial charge in [0.15, 0.2) is 0 Å². The fraction of sp³-hybridized carbons (Fsp3) is 0.250. The smallest absolute Gasteiger partial charge is 0.416 e. The van der Waals surface area contributed by atoms with E-state index < -0.39 is 17.7 Å². The second-order valence-corrected chi connectivity index (χ2v) is 4.67. The van der Waals surface area contributed by atoms with Crippen LogP contribution in [0.15, 0.2) is 30.3 Å². The summed E-state index contributed by atoms with van der Waals surface area (Å²) in [5.41, 5.74) is 0.824. The van der Waals surface area contributed by atoms with Crippen molar-refractivity contribution in [2.45, 2.75) is 20.0 Å². The first-order valence-electron chi connectivity index (χ1n) is 6.64. The van der Waals surface area contributed by atoms with E-state index in [9.17, 15) is 18.0 Å². The first-order chi connectivity index (χ1) is 10.3. The molecule has 0 radical (unpaired) electrons. The van der Waals surface area contributed by atoms with Gasteiger partial charge < -0.3 is 4.74 Å². The van der Waals surface area contributed by atoms with Crippen LogP contribution >= 0.6 is 0 Å². The molecule has 0 saturated heterocycles.